The van der Waals surface area contributed by atoms with E-state index in [0.717, 1.165) is 0 Å². The van der Waals surface area contributed by atoms with Gasteiger partial charge in [0.25, 0.3) is 0 Å². The molecule has 1 unspecified atom stereocenters. The molecule has 2 N–H and O–H groups in total. The minimum Gasteiger partial charge on any atom is -0.379 e. The fourth-order valence-corrected chi connectivity index (χ4v) is 4.35. The summed E-state index contributed by atoms with van der Waals surface area (Å²) in [7, 11) is -3.77. The van der Waals surface area contributed by atoms with Crippen molar-refractivity contribution in [2.75, 3.05) is 0 Å². The molecule has 0 aliphatic carbocycles. The van der Waals surface area contributed by atoms with Gasteiger partial charge in [-0.25, -0.2) is 13.1 Å². The highest BCUT2D eigenvalue weighted by atomic mass is 79.9. The Kier molecular flexibility index (Phi) is 7.41. The molecule has 6 heteroatoms. The van der Waals surface area contributed by atoms with Crippen LogP contribution < -0.4 is 4.72 Å². The second-order valence-corrected chi connectivity index (χ2v) is 8.31. The van der Waals surface area contributed by atoms with Gasteiger partial charge in [0.15, 0.2) is 0 Å². The van der Waals surface area contributed by atoms with Gasteiger partial charge in [0, 0.05) is 0 Å². The lowest BCUT2D eigenvalue weighted by Crippen LogP contribution is -2.57. The number of halogens is 1. The summed E-state index contributed by atoms with van der Waals surface area (Å²) < 4.78 is 28.2. The molecule has 0 aromatic heterocycles. The molecule has 1 aromatic carbocycles. The Bertz CT molecular complexity index is 700. The molecule has 134 valence electrons. The van der Waals surface area contributed by atoms with Gasteiger partial charge in [-0.2, -0.15) is 0 Å². The van der Waals surface area contributed by atoms with Crippen molar-refractivity contribution in [3.05, 3.63) is 53.0 Å². The van der Waals surface area contributed by atoms with E-state index in [0.29, 0.717) is 17.6 Å². The maximum Gasteiger partial charge on any atom is 0.240 e. The number of nitrogens with one attached hydrogen (secondary N) is 1. The van der Waals surface area contributed by atoms with Crippen LogP contribution in [0.4, 0.5) is 0 Å². The molecule has 0 heterocycles. The van der Waals surface area contributed by atoms with Crippen molar-refractivity contribution < 1.29 is 13.5 Å². The van der Waals surface area contributed by atoms with Crippen LogP contribution in [0.5, 0.6) is 0 Å². The minimum absolute atomic E-state index is 0.104. The fraction of sp³-hybridized carbons (Fsp3) is 0.444. The number of hydrogen-bond acceptors (Lipinski definition) is 3. The molecule has 0 spiro atoms. The topological polar surface area (TPSA) is 66.4 Å². The van der Waals surface area contributed by atoms with Crippen molar-refractivity contribution in [1.82, 2.24) is 4.72 Å². The Balaban J connectivity index is 3.40. The van der Waals surface area contributed by atoms with Crippen LogP contribution in [0.15, 0.2) is 57.9 Å². The van der Waals surface area contributed by atoms with E-state index in [4.69, 9.17) is 0 Å². The highest BCUT2D eigenvalue weighted by Crippen LogP contribution is 2.34. The molecule has 0 aliphatic rings. The lowest BCUT2D eigenvalue weighted by atomic mass is 9.76. The van der Waals surface area contributed by atoms with E-state index in [1.54, 1.807) is 37.0 Å². The number of rotatable bonds is 8. The van der Waals surface area contributed by atoms with Crippen LogP contribution in [0.3, 0.4) is 0 Å². The van der Waals surface area contributed by atoms with Crippen LogP contribution in [0.25, 0.3) is 0 Å². The maximum absolute atomic E-state index is 12.8. The van der Waals surface area contributed by atoms with Crippen molar-refractivity contribution in [3.8, 4) is 0 Å². The third kappa shape index (κ3) is 4.36. The summed E-state index contributed by atoms with van der Waals surface area (Å²) in [6, 6.07) is 7.42. The van der Waals surface area contributed by atoms with Crippen molar-refractivity contribution in [1.29, 1.82) is 0 Å². The normalized spacial score (nSPS) is 17.8. The highest BCUT2D eigenvalue weighted by Gasteiger charge is 2.43. The van der Waals surface area contributed by atoms with Crippen LogP contribution in [0.2, 0.25) is 0 Å². The molecule has 24 heavy (non-hydrogen) atoms. The summed E-state index contributed by atoms with van der Waals surface area (Å²) in [5.74, 6) is -0.104. The van der Waals surface area contributed by atoms with E-state index >= 15 is 0 Å². The largest absolute Gasteiger partial charge is 0.379 e. The molecule has 3 atom stereocenters. The molecule has 0 fully saturated rings. The smallest absolute Gasteiger partial charge is 0.240 e. The number of sulfonamides is 1. The van der Waals surface area contributed by atoms with Gasteiger partial charge in [-0.1, -0.05) is 61.0 Å². The molecule has 1 rings (SSSR count). The number of aliphatic hydroxyl groups is 1. The van der Waals surface area contributed by atoms with E-state index < -0.39 is 21.7 Å². The SMILES string of the molecule is C=C(C)C(O)(/C(C)=C/Br)[C@@H](NS(=O)(=O)c1ccccc1)[C@@H](C)CC. The molecule has 0 saturated heterocycles. The van der Waals surface area contributed by atoms with Gasteiger partial charge in [0.2, 0.25) is 10.0 Å². The first-order valence-electron chi connectivity index (χ1n) is 7.84. The average molecular weight is 416 g/mol. The van der Waals surface area contributed by atoms with Crippen LogP contribution >= 0.6 is 15.9 Å². The lowest BCUT2D eigenvalue weighted by molar-refractivity contribution is 0.0591. The first-order valence-corrected chi connectivity index (χ1v) is 10.2. The van der Waals surface area contributed by atoms with E-state index in [2.05, 4.69) is 27.2 Å². The van der Waals surface area contributed by atoms with Gasteiger partial charge in [0.05, 0.1) is 10.9 Å². The van der Waals surface area contributed by atoms with Gasteiger partial charge in [-0.05, 0) is 48.0 Å². The Morgan fingerprint density at radius 3 is 2.33 bits per heavy atom. The van der Waals surface area contributed by atoms with Crippen LogP contribution in [-0.4, -0.2) is 25.2 Å². The second kappa shape index (κ2) is 8.43. The molecule has 0 saturated carbocycles. The van der Waals surface area contributed by atoms with Gasteiger partial charge in [0.1, 0.15) is 5.60 Å². The summed E-state index contributed by atoms with van der Waals surface area (Å²) in [5.41, 5.74) is -0.409. The molecule has 4 nitrogen and oxygen atoms in total. The van der Waals surface area contributed by atoms with Gasteiger partial charge < -0.3 is 5.11 Å². The molecular weight excluding hydrogens is 390 g/mol. The molecule has 0 aliphatic heterocycles. The zero-order chi connectivity index (χ0) is 18.5. The summed E-state index contributed by atoms with van der Waals surface area (Å²) >= 11 is 3.24. The third-order valence-electron chi connectivity index (χ3n) is 4.41. The highest BCUT2D eigenvalue weighted by molar-refractivity contribution is 9.11. The van der Waals surface area contributed by atoms with Crippen molar-refractivity contribution in [2.45, 2.75) is 50.7 Å². The number of hydrogen-bond donors (Lipinski definition) is 2. The van der Waals surface area contributed by atoms with E-state index in [1.807, 2.05) is 13.8 Å². The zero-order valence-electron chi connectivity index (χ0n) is 14.6. The molecule has 1 aromatic rings. The van der Waals surface area contributed by atoms with E-state index in [1.165, 1.54) is 12.1 Å². The van der Waals surface area contributed by atoms with Crippen LogP contribution in [-0.2, 0) is 10.0 Å². The predicted octanol–water partition coefficient (Wildman–Crippen LogP) is 3.99. The fourth-order valence-electron chi connectivity index (χ4n) is 2.61. The van der Waals surface area contributed by atoms with Crippen molar-refractivity contribution >= 4 is 26.0 Å². The summed E-state index contributed by atoms with van der Waals surface area (Å²) in [6.45, 7) is 11.2. The predicted molar refractivity (Wildman–Crippen MR) is 102 cm³/mol. The molecular formula is C18H26BrNO3S. The molecule has 0 amide bonds. The third-order valence-corrected chi connectivity index (χ3v) is 6.56. The summed E-state index contributed by atoms with van der Waals surface area (Å²) in [4.78, 5) is 1.77. The minimum atomic E-state index is -3.77. The first-order chi connectivity index (χ1) is 11.1. The van der Waals surface area contributed by atoms with Crippen molar-refractivity contribution in [2.24, 2.45) is 5.92 Å². The average Bonchev–Trinajstić information content (AvgIpc) is 2.58. The second-order valence-electron chi connectivity index (χ2n) is 6.14. The Morgan fingerprint density at radius 2 is 1.92 bits per heavy atom. The monoisotopic (exact) mass is 415 g/mol. The van der Waals surface area contributed by atoms with Crippen LogP contribution in [0.1, 0.15) is 34.1 Å². The van der Waals surface area contributed by atoms with E-state index in [9.17, 15) is 13.5 Å². The summed E-state index contributed by atoms with van der Waals surface area (Å²) in [6.07, 6.45) is 0.702. The Hall–Kier alpha value is -0.950. The van der Waals surface area contributed by atoms with Crippen LogP contribution in [0, 0.1) is 5.92 Å². The van der Waals surface area contributed by atoms with Gasteiger partial charge in [-0.3, -0.25) is 0 Å². The van der Waals surface area contributed by atoms with Crippen molar-refractivity contribution in [3.63, 3.8) is 0 Å². The lowest BCUT2D eigenvalue weighted by Gasteiger charge is -2.41. The molecule has 0 bridgehead atoms. The molecule has 0 radical (unpaired) electrons. The van der Waals surface area contributed by atoms with Gasteiger partial charge in [-0.15, -0.1) is 0 Å². The Morgan fingerprint density at radius 1 is 1.38 bits per heavy atom. The number of benzene rings is 1. The van der Waals surface area contributed by atoms with Gasteiger partial charge >= 0.3 is 0 Å². The maximum atomic E-state index is 12.8. The van der Waals surface area contributed by atoms with E-state index in [-0.39, 0.29) is 10.8 Å². The Labute approximate surface area is 153 Å². The first kappa shape index (κ1) is 21.1. The summed E-state index contributed by atoms with van der Waals surface area (Å²) in [5, 5.41) is 11.3. The standard InChI is InChI=1S/C18H26BrNO3S/c1-6-14(4)17(18(21,13(2)3)15(5)12-19)20-24(22,23)16-10-8-7-9-11-16/h7-12,14,17,20-21H,2,6H2,1,3-5H3/b15-12+/t14-,17-,18?/m0/s1. The quantitative estimate of drug-likeness (QED) is 0.630. The zero-order valence-corrected chi connectivity index (χ0v) is 17.0.